The fraction of sp³-hybridized carbons (Fsp3) is 0.727. The minimum absolute atomic E-state index is 0. The van der Waals surface area contributed by atoms with Gasteiger partial charge in [0.1, 0.15) is 0 Å². The molecule has 5 heteroatoms. The zero-order valence-electron chi connectivity index (χ0n) is 10.8. The Bertz CT molecular complexity index is 189. The van der Waals surface area contributed by atoms with Gasteiger partial charge in [0.2, 0.25) is 0 Å². The zero-order valence-corrected chi connectivity index (χ0v) is 15.8. The molecular formula is C11H23Cl2NSiZr. The first kappa shape index (κ1) is 19.6. The first-order chi connectivity index (χ1) is 6.90. The molecule has 0 aromatic heterocycles. The fourth-order valence-corrected chi connectivity index (χ4v) is 2.83. The van der Waals surface area contributed by atoms with Crippen LogP contribution in [0.3, 0.4) is 0 Å². The number of nitrogens with zero attached hydrogens (tertiary/aromatic N) is 1. The van der Waals surface area contributed by atoms with E-state index in [9.17, 15) is 0 Å². The predicted octanol–water partition coefficient (Wildman–Crippen LogP) is 5.73. The first-order valence-electron chi connectivity index (χ1n) is 5.28. The summed E-state index contributed by atoms with van der Waals surface area (Å²) in [5, 5.41) is 0. The fourth-order valence-electron chi connectivity index (χ4n) is 1.78. The van der Waals surface area contributed by atoms with Crippen LogP contribution in [-0.2, 0) is 20.8 Å². The average molecular weight is 360 g/mol. The van der Waals surface area contributed by atoms with Gasteiger partial charge in [-0.2, -0.15) is 5.70 Å². The van der Waals surface area contributed by atoms with Crippen molar-refractivity contribution in [2.75, 3.05) is 0 Å². The molecule has 94 valence electrons. The SMILES string of the molecule is C=C([N-][Si](C)(C)C)C1CCCC1.[CH3-].[Cl][Zr+2][Cl]. The molecule has 1 saturated carbocycles. The van der Waals surface area contributed by atoms with Gasteiger partial charge >= 0.3 is 37.9 Å². The maximum absolute atomic E-state index is 4.93. The van der Waals surface area contributed by atoms with Crippen molar-refractivity contribution >= 4 is 25.3 Å². The van der Waals surface area contributed by atoms with Gasteiger partial charge in [0.15, 0.2) is 0 Å². The third-order valence-electron chi connectivity index (χ3n) is 2.31. The Morgan fingerprint density at radius 2 is 1.62 bits per heavy atom. The van der Waals surface area contributed by atoms with Crippen LogP contribution in [-0.4, -0.2) is 8.24 Å². The Morgan fingerprint density at radius 1 is 1.25 bits per heavy atom. The number of hydrogen-bond acceptors (Lipinski definition) is 0. The maximum atomic E-state index is 4.93. The van der Waals surface area contributed by atoms with Crippen LogP contribution < -0.4 is 0 Å². The van der Waals surface area contributed by atoms with Gasteiger partial charge in [-0.15, -0.1) is 6.58 Å². The molecule has 1 fully saturated rings. The molecule has 0 N–H and O–H groups in total. The average Bonchev–Trinajstić information content (AvgIpc) is 2.53. The van der Waals surface area contributed by atoms with E-state index in [-0.39, 0.29) is 7.43 Å². The van der Waals surface area contributed by atoms with E-state index in [1.54, 1.807) is 0 Å². The molecule has 0 aromatic carbocycles. The summed E-state index contributed by atoms with van der Waals surface area (Å²) >= 11 is -0.826. The van der Waals surface area contributed by atoms with Crippen molar-refractivity contribution in [3.8, 4) is 0 Å². The number of rotatable bonds is 3. The minimum atomic E-state index is -1.26. The molecular weight excluding hydrogens is 336 g/mol. The molecule has 1 aliphatic rings. The van der Waals surface area contributed by atoms with E-state index < -0.39 is 29.1 Å². The van der Waals surface area contributed by atoms with Crippen molar-refractivity contribution in [3.63, 3.8) is 0 Å². The summed E-state index contributed by atoms with van der Waals surface area (Å²) in [6, 6.07) is 0. The van der Waals surface area contributed by atoms with Crippen LogP contribution in [0.4, 0.5) is 0 Å². The topological polar surface area (TPSA) is 14.1 Å². The summed E-state index contributed by atoms with van der Waals surface area (Å²) in [6.45, 7) is 10.9. The molecule has 0 heterocycles. The summed E-state index contributed by atoms with van der Waals surface area (Å²) < 4.78 is 0. The van der Waals surface area contributed by atoms with Gasteiger partial charge in [0, 0.05) is 0 Å². The molecule has 0 aromatic rings. The third-order valence-corrected chi connectivity index (χ3v) is 3.26. The Kier molecular flexibility index (Phi) is 12.4. The van der Waals surface area contributed by atoms with Crippen molar-refractivity contribution < 1.29 is 20.8 Å². The summed E-state index contributed by atoms with van der Waals surface area (Å²) in [5.41, 5.74) is 1.19. The normalized spacial score (nSPS) is 15.3. The molecule has 0 saturated heterocycles. The molecule has 0 radical (unpaired) electrons. The van der Waals surface area contributed by atoms with E-state index in [4.69, 9.17) is 22.0 Å². The van der Waals surface area contributed by atoms with Crippen molar-refractivity contribution in [2.24, 2.45) is 5.92 Å². The van der Waals surface area contributed by atoms with Crippen molar-refractivity contribution in [2.45, 2.75) is 45.3 Å². The van der Waals surface area contributed by atoms with Crippen LogP contribution in [0.2, 0.25) is 19.6 Å². The number of halogens is 2. The number of hydrogen-bond donors (Lipinski definition) is 0. The number of allylic oxidation sites excluding steroid dienone is 1. The molecule has 0 bridgehead atoms. The van der Waals surface area contributed by atoms with E-state index in [1.165, 1.54) is 31.4 Å². The van der Waals surface area contributed by atoms with Crippen LogP contribution >= 0.6 is 17.0 Å². The Morgan fingerprint density at radius 3 is 1.94 bits per heavy atom. The molecule has 0 spiro atoms. The monoisotopic (exact) mass is 357 g/mol. The second kappa shape index (κ2) is 10.2. The van der Waals surface area contributed by atoms with Crippen LogP contribution in [0.25, 0.3) is 4.98 Å². The van der Waals surface area contributed by atoms with Crippen molar-refractivity contribution in [1.82, 2.24) is 0 Å². The molecule has 16 heavy (non-hydrogen) atoms. The first-order valence-corrected chi connectivity index (χ1v) is 15.1. The van der Waals surface area contributed by atoms with Crippen molar-refractivity contribution in [1.29, 1.82) is 0 Å². The Hall–Kier alpha value is 1.22. The second-order valence-corrected chi connectivity index (χ2v) is 13.1. The van der Waals surface area contributed by atoms with E-state index in [1.807, 2.05) is 0 Å². The summed E-state index contributed by atoms with van der Waals surface area (Å²) in [5.74, 6) is 0.719. The van der Waals surface area contributed by atoms with E-state index in [2.05, 4.69) is 26.2 Å². The van der Waals surface area contributed by atoms with E-state index >= 15 is 0 Å². The molecule has 1 nitrogen and oxygen atoms in total. The van der Waals surface area contributed by atoms with Gasteiger partial charge in [0.25, 0.3) is 0 Å². The second-order valence-electron chi connectivity index (χ2n) is 4.83. The molecule has 0 atom stereocenters. The van der Waals surface area contributed by atoms with Crippen molar-refractivity contribution in [3.05, 3.63) is 24.7 Å². The third kappa shape index (κ3) is 10.4. The molecule has 1 rings (SSSR count). The quantitative estimate of drug-likeness (QED) is 0.451. The van der Waals surface area contributed by atoms with Gasteiger partial charge in [-0.25, -0.2) is 0 Å². The molecule has 1 aliphatic carbocycles. The van der Waals surface area contributed by atoms with Gasteiger partial charge in [-0.3, -0.25) is 0 Å². The van der Waals surface area contributed by atoms with Gasteiger partial charge in [0.05, 0.1) is 0 Å². The molecule has 0 aliphatic heterocycles. The Balaban J connectivity index is 0. The zero-order chi connectivity index (χ0) is 11.9. The standard InChI is InChI=1S/C10H20NSi.CH3.2ClH.Zr/c1-9(11-12(2,3)4)10-7-5-6-8-10;;;;/h10H,1,5-8H2,2-4H3;1H3;2*1H;/q2*-1;;;+4/p-2. The van der Waals surface area contributed by atoms with Gasteiger partial charge in [-0.05, 0) is 27.0 Å². The van der Waals surface area contributed by atoms with Gasteiger partial charge < -0.3 is 12.4 Å². The molecule has 0 amide bonds. The summed E-state index contributed by atoms with van der Waals surface area (Å²) in [7, 11) is 8.61. The summed E-state index contributed by atoms with van der Waals surface area (Å²) in [4.78, 5) is 4.74. The van der Waals surface area contributed by atoms with E-state index in [0.717, 1.165) is 5.92 Å². The van der Waals surface area contributed by atoms with Crippen LogP contribution in [0, 0.1) is 13.3 Å². The van der Waals surface area contributed by atoms with E-state index in [0.29, 0.717) is 0 Å². The Labute approximate surface area is 121 Å². The van der Waals surface area contributed by atoms with Gasteiger partial charge in [-0.1, -0.05) is 32.5 Å². The predicted molar refractivity (Wildman–Crippen MR) is 75.9 cm³/mol. The van der Waals surface area contributed by atoms with Crippen LogP contribution in [0.15, 0.2) is 12.3 Å². The summed E-state index contributed by atoms with van der Waals surface area (Å²) in [6.07, 6.45) is 5.41. The molecule has 0 unspecified atom stereocenters. The van der Waals surface area contributed by atoms with Crippen LogP contribution in [0.1, 0.15) is 25.7 Å². The van der Waals surface area contributed by atoms with Crippen LogP contribution in [0.5, 0.6) is 0 Å².